The quantitative estimate of drug-likeness (QED) is 0.908. The summed E-state index contributed by atoms with van der Waals surface area (Å²) in [5.74, 6) is -0.289. The van der Waals surface area contributed by atoms with Crippen LogP contribution in [0, 0.1) is 18.3 Å². The van der Waals surface area contributed by atoms with Crippen molar-refractivity contribution in [2.75, 3.05) is 19.0 Å². The number of methoxy groups -OCH3 is 1. The van der Waals surface area contributed by atoms with Crippen molar-refractivity contribution in [3.05, 3.63) is 30.0 Å². The Balaban J connectivity index is 2.27. The molecule has 0 saturated heterocycles. The average Bonchev–Trinajstić information content (AvgIpc) is 2.71. The molecule has 0 aliphatic rings. The van der Waals surface area contributed by atoms with Gasteiger partial charge in [0.2, 0.25) is 5.91 Å². The third-order valence-corrected chi connectivity index (χ3v) is 3.15. The lowest BCUT2D eigenvalue weighted by atomic mass is 10.2. The van der Waals surface area contributed by atoms with E-state index < -0.39 is 0 Å². The van der Waals surface area contributed by atoms with Gasteiger partial charge in [-0.15, -0.1) is 0 Å². The van der Waals surface area contributed by atoms with Gasteiger partial charge >= 0.3 is 0 Å². The number of rotatable bonds is 5. The fourth-order valence-corrected chi connectivity index (χ4v) is 2.24. The van der Waals surface area contributed by atoms with Crippen LogP contribution in [0.1, 0.15) is 12.1 Å². The van der Waals surface area contributed by atoms with Crippen molar-refractivity contribution < 1.29 is 9.53 Å². The van der Waals surface area contributed by atoms with Crippen molar-refractivity contribution in [1.29, 1.82) is 5.26 Å². The zero-order valence-electron chi connectivity index (χ0n) is 11.6. The lowest BCUT2D eigenvalue weighted by Crippen LogP contribution is -2.10. The van der Waals surface area contributed by atoms with E-state index in [9.17, 15) is 4.79 Å². The van der Waals surface area contributed by atoms with Gasteiger partial charge in [0, 0.05) is 35.9 Å². The molecule has 1 N–H and O–H groups in total. The van der Waals surface area contributed by atoms with Crippen LogP contribution < -0.4 is 5.32 Å². The molecule has 1 heterocycles. The molecule has 2 aromatic rings. The Morgan fingerprint density at radius 3 is 2.95 bits per heavy atom. The fraction of sp³-hybridized carbons (Fsp3) is 0.333. The summed E-state index contributed by atoms with van der Waals surface area (Å²) < 4.78 is 7.29. The molecule has 20 heavy (non-hydrogen) atoms. The topological polar surface area (TPSA) is 67.0 Å². The normalized spacial score (nSPS) is 10.4. The molecular weight excluding hydrogens is 254 g/mol. The third-order valence-electron chi connectivity index (χ3n) is 3.15. The highest BCUT2D eigenvalue weighted by molar-refractivity contribution is 5.95. The minimum absolute atomic E-state index is 0.133. The molecule has 0 saturated carbocycles. The van der Waals surface area contributed by atoms with Gasteiger partial charge in [0.15, 0.2) is 0 Å². The van der Waals surface area contributed by atoms with Crippen LogP contribution in [0.15, 0.2) is 24.3 Å². The maximum atomic E-state index is 11.4. The van der Waals surface area contributed by atoms with Crippen molar-refractivity contribution in [3.8, 4) is 6.07 Å². The number of fused-ring (bicyclic) bond motifs is 1. The Kier molecular flexibility index (Phi) is 4.38. The van der Waals surface area contributed by atoms with Crippen LogP contribution in [0.2, 0.25) is 0 Å². The number of anilines is 1. The van der Waals surface area contributed by atoms with Crippen molar-refractivity contribution in [2.24, 2.45) is 0 Å². The summed E-state index contributed by atoms with van der Waals surface area (Å²) in [6.07, 6.45) is -0.133. The number of aryl methyl sites for hydroxylation is 1. The van der Waals surface area contributed by atoms with Gasteiger partial charge < -0.3 is 14.6 Å². The Hall–Kier alpha value is -2.32. The van der Waals surface area contributed by atoms with Crippen molar-refractivity contribution >= 4 is 22.5 Å². The van der Waals surface area contributed by atoms with E-state index in [1.54, 1.807) is 7.11 Å². The van der Waals surface area contributed by atoms with Gasteiger partial charge in [-0.1, -0.05) is 0 Å². The highest BCUT2D eigenvalue weighted by Gasteiger charge is 2.07. The second-order valence-electron chi connectivity index (χ2n) is 4.59. The third kappa shape index (κ3) is 2.98. The summed E-state index contributed by atoms with van der Waals surface area (Å²) in [5.41, 5.74) is 2.97. The SMILES string of the molecule is COCCn1c(C)cc2cc(NC(=O)CC#N)ccc21. The number of carbonyl (C=O) groups excluding carboxylic acids is 1. The van der Waals surface area contributed by atoms with Gasteiger partial charge in [0.25, 0.3) is 0 Å². The van der Waals surface area contributed by atoms with E-state index in [1.807, 2.05) is 31.2 Å². The lowest BCUT2D eigenvalue weighted by molar-refractivity contribution is -0.115. The van der Waals surface area contributed by atoms with E-state index in [2.05, 4.69) is 16.0 Å². The largest absolute Gasteiger partial charge is 0.383 e. The van der Waals surface area contributed by atoms with Crippen LogP contribution >= 0.6 is 0 Å². The Bertz CT molecular complexity index is 668. The summed E-state index contributed by atoms with van der Waals surface area (Å²) in [4.78, 5) is 11.4. The molecule has 1 aromatic heterocycles. The maximum absolute atomic E-state index is 11.4. The maximum Gasteiger partial charge on any atom is 0.238 e. The minimum atomic E-state index is -0.289. The van der Waals surface area contributed by atoms with Crippen molar-refractivity contribution in [3.63, 3.8) is 0 Å². The summed E-state index contributed by atoms with van der Waals surface area (Å²) in [6, 6.07) is 9.64. The van der Waals surface area contributed by atoms with Crippen molar-refractivity contribution in [2.45, 2.75) is 19.9 Å². The van der Waals surface area contributed by atoms with E-state index in [4.69, 9.17) is 10.00 Å². The van der Waals surface area contributed by atoms with E-state index in [0.29, 0.717) is 12.3 Å². The molecule has 2 rings (SSSR count). The molecule has 0 radical (unpaired) electrons. The number of hydrogen-bond acceptors (Lipinski definition) is 3. The number of carbonyl (C=O) groups is 1. The number of benzene rings is 1. The van der Waals surface area contributed by atoms with Crippen LogP contribution in [0.3, 0.4) is 0 Å². The molecule has 5 heteroatoms. The first kappa shape index (κ1) is 14.1. The summed E-state index contributed by atoms with van der Waals surface area (Å²) in [6.45, 7) is 3.50. The molecule has 0 unspecified atom stereocenters. The van der Waals surface area contributed by atoms with Crippen LogP contribution in [0.25, 0.3) is 10.9 Å². The summed E-state index contributed by atoms with van der Waals surface area (Å²) in [5, 5.41) is 12.3. The molecule has 0 fully saturated rings. The number of nitriles is 1. The molecule has 5 nitrogen and oxygen atoms in total. The minimum Gasteiger partial charge on any atom is -0.383 e. The first-order valence-electron chi connectivity index (χ1n) is 6.41. The number of hydrogen-bond donors (Lipinski definition) is 1. The Morgan fingerprint density at radius 2 is 2.25 bits per heavy atom. The van der Waals surface area contributed by atoms with Gasteiger partial charge in [-0.05, 0) is 31.2 Å². The van der Waals surface area contributed by atoms with Crippen LogP contribution in [0.5, 0.6) is 0 Å². The number of amides is 1. The lowest BCUT2D eigenvalue weighted by Gasteiger charge is -2.08. The average molecular weight is 271 g/mol. The zero-order valence-corrected chi connectivity index (χ0v) is 11.6. The number of aromatic nitrogens is 1. The molecule has 1 amide bonds. The monoisotopic (exact) mass is 271 g/mol. The molecule has 104 valence electrons. The van der Waals surface area contributed by atoms with Crippen molar-refractivity contribution in [1.82, 2.24) is 4.57 Å². The smallest absolute Gasteiger partial charge is 0.238 e. The van der Waals surface area contributed by atoms with Gasteiger partial charge in [0.05, 0.1) is 12.7 Å². The summed E-state index contributed by atoms with van der Waals surface area (Å²) >= 11 is 0. The van der Waals surface area contributed by atoms with Gasteiger partial charge in [0.1, 0.15) is 6.42 Å². The van der Waals surface area contributed by atoms with E-state index in [1.165, 1.54) is 0 Å². The first-order valence-corrected chi connectivity index (χ1v) is 6.41. The predicted octanol–water partition coefficient (Wildman–Crippen LogP) is 2.45. The van der Waals surface area contributed by atoms with Crippen LogP contribution in [-0.4, -0.2) is 24.2 Å². The molecule has 0 spiro atoms. The molecule has 0 bridgehead atoms. The fourth-order valence-electron chi connectivity index (χ4n) is 2.24. The van der Waals surface area contributed by atoms with E-state index in [0.717, 1.165) is 23.1 Å². The van der Waals surface area contributed by atoms with E-state index in [-0.39, 0.29) is 12.3 Å². The van der Waals surface area contributed by atoms with Crippen LogP contribution in [-0.2, 0) is 16.1 Å². The molecule has 1 aromatic carbocycles. The second-order valence-corrected chi connectivity index (χ2v) is 4.59. The Morgan fingerprint density at radius 1 is 1.45 bits per heavy atom. The Labute approximate surface area is 117 Å². The first-order chi connectivity index (χ1) is 9.65. The number of ether oxygens (including phenoxy) is 1. The molecule has 0 aliphatic heterocycles. The van der Waals surface area contributed by atoms with E-state index >= 15 is 0 Å². The van der Waals surface area contributed by atoms with Crippen LogP contribution in [0.4, 0.5) is 5.69 Å². The number of nitrogens with one attached hydrogen (secondary N) is 1. The highest BCUT2D eigenvalue weighted by atomic mass is 16.5. The van der Waals surface area contributed by atoms with Gasteiger partial charge in [-0.25, -0.2) is 0 Å². The standard InChI is InChI=1S/C15H17N3O2/c1-11-9-12-10-13(17-15(19)5-6-16)3-4-14(12)18(11)7-8-20-2/h3-4,9-10H,5,7-8H2,1-2H3,(H,17,19). The van der Waals surface area contributed by atoms with Gasteiger partial charge in [-0.3, -0.25) is 4.79 Å². The zero-order chi connectivity index (χ0) is 14.5. The number of nitrogens with zero attached hydrogens (tertiary/aromatic N) is 2. The molecule has 0 aliphatic carbocycles. The highest BCUT2D eigenvalue weighted by Crippen LogP contribution is 2.23. The van der Waals surface area contributed by atoms with Gasteiger partial charge in [-0.2, -0.15) is 5.26 Å². The summed E-state index contributed by atoms with van der Waals surface area (Å²) in [7, 11) is 1.68. The second kappa shape index (κ2) is 6.22. The predicted molar refractivity (Wildman–Crippen MR) is 77.4 cm³/mol. The molecule has 0 atom stereocenters. The molecular formula is C15H17N3O2.